The van der Waals surface area contributed by atoms with E-state index in [9.17, 15) is 9.90 Å². The van der Waals surface area contributed by atoms with Gasteiger partial charge in [0.05, 0.1) is 18.3 Å². The average molecular weight is 449 g/mol. The van der Waals surface area contributed by atoms with E-state index in [2.05, 4.69) is 12.0 Å². The van der Waals surface area contributed by atoms with Gasteiger partial charge >= 0.3 is 0 Å². The maximum Gasteiger partial charge on any atom is 0.157 e. The van der Waals surface area contributed by atoms with Crippen LogP contribution in [0.2, 0.25) is 0 Å². The van der Waals surface area contributed by atoms with E-state index in [4.69, 9.17) is 0 Å². The van der Waals surface area contributed by atoms with Crippen LogP contribution in [0.1, 0.15) is 65.2 Å². The predicted octanol–water partition coefficient (Wildman–Crippen LogP) is 5.14. The number of hydrogen-bond donors (Lipinski definition) is 1. The van der Waals surface area contributed by atoms with Crippen molar-refractivity contribution in [2.24, 2.45) is 40.9 Å². The highest BCUT2D eigenvalue weighted by Gasteiger charge is 2.60. The maximum atomic E-state index is 15.4. The van der Waals surface area contributed by atoms with Crippen molar-refractivity contribution in [1.82, 2.24) is 9.78 Å². The van der Waals surface area contributed by atoms with Gasteiger partial charge in [0.25, 0.3) is 0 Å². The minimum Gasteiger partial charge on any atom is -0.390 e. The fourth-order valence-corrected chi connectivity index (χ4v) is 8.72. The van der Waals surface area contributed by atoms with Crippen molar-refractivity contribution in [2.75, 3.05) is 6.26 Å². The first-order valence-electron chi connectivity index (χ1n) is 12.2. The van der Waals surface area contributed by atoms with Gasteiger partial charge in [-0.3, -0.25) is 9.48 Å². The van der Waals surface area contributed by atoms with Crippen molar-refractivity contribution < 1.29 is 14.3 Å². The summed E-state index contributed by atoms with van der Waals surface area (Å²) in [5.41, 5.74) is -0.699. The third-order valence-electron chi connectivity index (χ3n) is 9.80. The van der Waals surface area contributed by atoms with Gasteiger partial charge in [0, 0.05) is 17.0 Å². The summed E-state index contributed by atoms with van der Waals surface area (Å²) in [6, 6.07) is 0. The molecule has 1 heterocycles. The van der Waals surface area contributed by atoms with E-state index in [1.54, 1.807) is 16.4 Å². The van der Waals surface area contributed by atoms with Crippen molar-refractivity contribution in [2.45, 2.75) is 88.4 Å². The Morgan fingerprint density at radius 3 is 2.68 bits per heavy atom. The molecular formula is C25H37FN2O2S. The summed E-state index contributed by atoms with van der Waals surface area (Å²) in [7, 11) is 0. The molecule has 0 aliphatic heterocycles. The topological polar surface area (TPSA) is 55.1 Å². The first-order valence-corrected chi connectivity index (χ1v) is 13.4. The number of aromatic nitrogens is 2. The van der Waals surface area contributed by atoms with E-state index >= 15 is 4.39 Å². The molecule has 9 unspecified atom stereocenters. The summed E-state index contributed by atoms with van der Waals surface area (Å²) < 4.78 is 17.2. The molecule has 5 rings (SSSR count). The van der Waals surface area contributed by atoms with Crippen molar-refractivity contribution in [3.8, 4) is 0 Å². The zero-order chi connectivity index (χ0) is 22.0. The van der Waals surface area contributed by atoms with Gasteiger partial charge in [0.1, 0.15) is 6.17 Å². The summed E-state index contributed by atoms with van der Waals surface area (Å²) in [5, 5.41) is 14.9. The molecule has 1 N–H and O–H groups in total. The largest absolute Gasteiger partial charge is 0.390 e. The van der Waals surface area contributed by atoms with Crippen molar-refractivity contribution >= 4 is 17.5 Å². The van der Waals surface area contributed by atoms with Gasteiger partial charge < -0.3 is 5.11 Å². The molecule has 1 aromatic heterocycles. The van der Waals surface area contributed by atoms with Crippen LogP contribution in [0.25, 0.3) is 0 Å². The Kier molecular flexibility index (Phi) is 5.56. The second-order valence-corrected chi connectivity index (χ2v) is 12.4. The number of halogens is 1. The summed E-state index contributed by atoms with van der Waals surface area (Å²) >= 11 is 1.64. The van der Waals surface area contributed by atoms with Crippen LogP contribution in [0.3, 0.4) is 0 Å². The Morgan fingerprint density at radius 2 is 1.94 bits per heavy atom. The lowest BCUT2D eigenvalue weighted by Crippen LogP contribution is -2.54. The molecule has 0 bridgehead atoms. The van der Waals surface area contributed by atoms with Crippen LogP contribution < -0.4 is 0 Å². The lowest BCUT2D eigenvalue weighted by Gasteiger charge is -2.57. The summed E-state index contributed by atoms with van der Waals surface area (Å²) in [4.78, 5) is 14.4. The van der Waals surface area contributed by atoms with Crippen LogP contribution in [0.4, 0.5) is 4.39 Å². The highest BCUT2D eigenvalue weighted by Crippen LogP contribution is 2.65. The molecule has 9 atom stereocenters. The second kappa shape index (κ2) is 7.86. The molecule has 172 valence electrons. The van der Waals surface area contributed by atoms with Crippen molar-refractivity contribution in [1.29, 1.82) is 0 Å². The third kappa shape index (κ3) is 3.70. The fraction of sp³-hybridized carbons (Fsp3) is 0.840. The summed E-state index contributed by atoms with van der Waals surface area (Å²) in [5.74, 6) is 2.27. The molecule has 0 aromatic carbocycles. The molecule has 4 aliphatic rings. The number of carbonyl (C=O) groups is 1. The van der Waals surface area contributed by atoms with Crippen LogP contribution in [0.15, 0.2) is 17.3 Å². The Hall–Kier alpha value is -0.880. The van der Waals surface area contributed by atoms with E-state index in [-0.39, 0.29) is 17.3 Å². The number of Topliss-reactive ketones (excluding diaryl/α,β-unsaturated/α-hetero) is 1. The predicted molar refractivity (Wildman–Crippen MR) is 121 cm³/mol. The lowest BCUT2D eigenvalue weighted by molar-refractivity contribution is -0.139. The number of carbonyl (C=O) groups excluding carboxylic acids is 1. The van der Waals surface area contributed by atoms with E-state index in [1.165, 1.54) is 0 Å². The maximum absolute atomic E-state index is 15.4. The minimum absolute atomic E-state index is 0.000452. The molecule has 4 aliphatic carbocycles. The van der Waals surface area contributed by atoms with Crippen molar-refractivity contribution in [3.63, 3.8) is 0 Å². The molecule has 0 spiro atoms. The van der Waals surface area contributed by atoms with Crippen LogP contribution in [0, 0.1) is 40.9 Å². The normalized spacial score (nSPS) is 46.8. The number of aliphatic hydroxyl groups is 1. The molecule has 6 heteroatoms. The van der Waals surface area contributed by atoms with Gasteiger partial charge in [-0.15, -0.1) is 11.8 Å². The summed E-state index contributed by atoms with van der Waals surface area (Å²) in [6.45, 7) is 4.56. The van der Waals surface area contributed by atoms with Crippen LogP contribution in [0.5, 0.6) is 0 Å². The molecule has 0 saturated heterocycles. The van der Waals surface area contributed by atoms with Gasteiger partial charge in [-0.2, -0.15) is 5.10 Å². The highest BCUT2D eigenvalue weighted by molar-refractivity contribution is 7.98. The quantitative estimate of drug-likeness (QED) is 0.648. The van der Waals surface area contributed by atoms with Gasteiger partial charge in [0.2, 0.25) is 0 Å². The molecule has 31 heavy (non-hydrogen) atoms. The zero-order valence-corrected chi connectivity index (χ0v) is 19.9. The standard InChI is InChI=1S/C25H37FN2O2S/c1-24(30)8-6-17-16-7-9-25(2)20(18(16)10-22(26)19(17)11-24)4-5-21(25)23(29)14-28-13-15(31-3)12-27-28/h12-13,16-22,30H,4-11,14H2,1-3H3. The first kappa shape index (κ1) is 21.9. The van der Waals surface area contributed by atoms with Crippen LogP contribution >= 0.6 is 11.8 Å². The van der Waals surface area contributed by atoms with Gasteiger partial charge in [-0.25, -0.2) is 4.39 Å². The zero-order valence-electron chi connectivity index (χ0n) is 19.1. The van der Waals surface area contributed by atoms with E-state index < -0.39 is 11.8 Å². The molecule has 0 amide bonds. The number of fused-ring (bicyclic) bond motifs is 5. The smallest absolute Gasteiger partial charge is 0.157 e. The molecule has 4 saturated carbocycles. The Balaban J connectivity index is 1.32. The molecule has 0 radical (unpaired) electrons. The van der Waals surface area contributed by atoms with Gasteiger partial charge in [-0.1, -0.05) is 6.92 Å². The monoisotopic (exact) mass is 448 g/mol. The Bertz CT molecular complexity index is 841. The molecular weight excluding hydrogens is 411 g/mol. The summed E-state index contributed by atoms with van der Waals surface area (Å²) in [6.07, 6.45) is 12.2. The number of thioether (sulfide) groups is 1. The second-order valence-electron chi connectivity index (χ2n) is 11.5. The molecule has 1 aromatic rings. The number of ketones is 1. The minimum atomic E-state index is -0.802. The van der Waals surface area contributed by atoms with Crippen LogP contribution in [-0.4, -0.2) is 38.7 Å². The van der Waals surface area contributed by atoms with E-state index in [0.29, 0.717) is 48.8 Å². The van der Waals surface area contributed by atoms with Crippen molar-refractivity contribution in [3.05, 3.63) is 12.4 Å². The van der Waals surface area contributed by atoms with Crippen LogP contribution in [-0.2, 0) is 11.3 Å². The first-order chi connectivity index (χ1) is 14.7. The van der Waals surface area contributed by atoms with E-state index in [0.717, 1.165) is 43.4 Å². The molecule has 4 nitrogen and oxygen atoms in total. The Labute approximate surface area is 189 Å². The SMILES string of the molecule is CSc1cnn(CC(=O)C2CCC3C4CC(F)C5CC(C)(O)CCC5C4CCC23C)c1. The third-order valence-corrected chi connectivity index (χ3v) is 10.5. The Morgan fingerprint density at radius 1 is 1.19 bits per heavy atom. The molecule has 4 fully saturated rings. The average Bonchev–Trinajstić information content (AvgIpc) is 3.31. The fourth-order valence-electron chi connectivity index (χ4n) is 8.34. The number of alkyl halides is 1. The number of rotatable bonds is 4. The number of hydrogen-bond acceptors (Lipinski definition) is 4. The van der Waals surface area contributed by atoms with Gasteiger partial charge in [0.15, 0.2) is 5.78 Å². The highest BCUT2D eigenvalue weighted by atomic mass is 32.2. The lowest BCUT2D eigenvalue weighted by atomic mass is 9.48. The van der Waals surface area contributed by atoms with E-state index in [1.807, 2.05) is 25.6 Å². The van der Waals surface area contributed by atoms with Gasteiger partial charge in [-0.05, 0) is 99.6 Å². The number of nitrogens with zero attached hydrogens (tertiary/aromatic N) is 2.